The number of hydrogen-bond donors (Lipinski definition) is 1. The van der Waals surface area contributed by atoms with Crippen LogP contribution in [0.25, 0.3) is 11.0 Å². The third kappa shape index (κ3) is 2.20. The highest BCUT2D eigenvalue weighted by Gasteiger charge is 2.12. The van der Waals surface area contributed by atoms with E-state index in [1.807, 2.05) is 19.9 Å². The minimum Gasteiger partial charge on any atom is -0.295 e. The van der Waals surface area contributed by atoms with Crippen molar-refractivity contribution < 1.29 is 0 Å². The van der Waals surface area contributed by atoms with Crippen molar-refractivity contribution in [2.75, 3.05) is 0 Å². The summed E-state index contributed by atoms with van der Waals surface area (Å²) in [4.78, 5) is 20.7. The predicted molar refractivity (Wildman–Crippen MR) is 75.5 cm³/mol. The number of pyridine rings is 1. The highest BCUT2D eigenvalue weighted by Crippen LogP contribution is 2.12. The molecule has 102 valence electrons. The Hall–Kier alpha value is -2.50. The van der Waals surface area contributed by atoms with E-state index in [1.165, 1.54) is 0 Å². The molecule has 0 aliphatic rings. The molecule has 0 aliphatic heterocycles. The summed E-state index contributed by atoms with van der Waals surface area (Å²) in [7, 11) is 0. The number of aromatic nitrogens is 5. The van der Waals surface area contributed by atoms with Gasteiger partial charge in [0.1, 0.15) is 6.33 Å². The highest BCUT2D eigenvalue weighted by atomic mass is 16.1. The molecule has 0 aromatic carbocycles. The molecule has 0 saturated heterocycles. The second kappa shape index (κ2) is 4.88. The molecule has 0 fully saturated rings. The summed E-state index contributed by atoms with van der Waals surface area (Å²) < 4.78 is 1.63. The second-order valence-electron chi connectivity index (χ2n) is 4.93. The zero-order chi connectivity index (χ0) is 14.1. The number of rotatable bonds is 3. The molecule has 1 N–H and O–H groups in total. The Kier molecular flexibility index (Phi) is 3.06. The number of aryl methyl sites for hydroxylation is 1. The zero-order valence-corrected chi connectivity index (χ0v) is 11.4. The average molecular weight is 269 g/mol. The van der Waals surface area contributed by atoms with Gasteiger partial charge in [0.05, 0.1) is 11.1 Å². The Bertz CT molecular complexity index is 804. The summed E-state index contributed by atoms with van der Waals surface area (Å²) in [5, 5.41) is 7.65. The molecule has 0 unspecified atom stereocenters. The van der Waals surface area contributed by atoms with Gasteiger partial charge in [-0.15, -0.1) is 0 Å². The first kappa shape index (κ1) is 12.5. The van der Waals surface area contributed by atoms with Crippen LogP contribution in [0.3, 0.4) is 0 Å². The second-order valence-corrected chi connectivity index (χ2v) is 4.93. The predicted octanol–water partition coefficient (Wildman–Crippen LogP) is 1.63. The van der Waals surface area contributed by atoms with E-state index in [4.69, 9.17) is 0 Å². The summed E-state index contributed by atoms with van der Waals surface area (Å²) in [6.45, 7) is 3.94. The lowest BCUT2D eigenvalue weighted by Gasteiger charge is -2.13. The van der Waals surface area contributed by atoms with Crippen molar-refractivity contribution in [3.8, 4) is 0 Å². The maximum absolute atomic E-state index is 12.4. The standard InChI is InChI=1S/C14H15N5O/c1-9-6-11(18-17-9)7-10(2)19-8-16-13-12(14(19)20)4-3-5-15-13/h3-6,8,10H,7H2,1-2H3,(H,17,18)/t10-/m0/s1. The largest absolute Gasteiger partial charge is 0.295 e. The Morgan fingerprint density at radius 3 is 3.00 bits per heavy atom. The molecule has 1 atom stereocenters. The van der Waals surface area contributed by atoms with Crippen molar-refractivity contribution in [3.05, 3.63) is 52.5 Å². The summed E-state index contributed by atoms with van der Waals surface area (Å²) in [5.41, 5.74) is 2.37. The van der Waals surface area contributed by atoms with Crippen molar-refractivity contribution in [1.29, 1.82) is 0 Å². The number of fused-ring (bicyclic) bond motifs is 1. The summed E-state index contributed by atoms with van der Waals surface area (Å²) in [6, 6.07) is 5.47. The van der Waals surface area contributed by atoms with E-state index in [1.54, 1.807) is 29.2 Å². The average Bonchev–Trinajstić information content (AvgIpc) is 2.84. The number of aromatic amines is 1. The van der Waals surface area contributed by atoms with Gasteiger partial charge >= 0.3 is 0 Å². The maximum Gasteiger partial charge on any atom is 0.263 e. The van der Waals surface area contributed by atoms with Gasteiger partial charge in [0.2, 0.25) is 0 Å². The van der Waals surface area contributed by atoms with E-state index < -0.39 is 0 Å². The fourth-order valence-electron chi connectivity index (χ4n) is 2.27. The van der Waals surface area contributed by atoms with E-state index in [9.17, 15) is 4.79 Å². The topological polar surface area (TPSA) is 76.5 Å². The molecule has 6 nitrogen and oxygen atoms in total. The number of nitrogens with one attached hydrogen (secondary N) is 1. The van der Waals surface area contributed by atoms with Crippen LogP contribution in [0.4, 0.5) is 0 Å². The lowest BCUT2D eigenvalue weighted by atomic mass is 10.1. The Balaban J connectivity index is 1.97. The normalized spacial score (nSPS) is 12.7. The molecule has 3 aromatic rings. The van der Waals surface area contributed by atoms with Crippen molar-refractivity contribution in [2.45, 2.75) is 26.3 Å². The molecule has 0 saturated carbocycles. The van der Waals surface area contributed by atoms with Gasteiger partial charge in [0.25, 0.3) is 5.56 Å². The number of hydrogen-bond acceptors (Lipinski definition) is 4. The molecule has 3 heterocycles. The first-order chi connectivity index (χ1) is 9.65. The fourth-order valence-corrected chi connectivity index (χ4v) is 2.27. The smallest absolute Gasteiger partial charge is 0.263 e. The van der Waals surface area contributed by atoms with Gasteiger partial charge < -0.3 is 0 Å². The van der Waals surface area contributed by atoms with Crippen LogP contribution in [0.15, 0.2) is 35.5 Å². The molecule has 3 rings (SSSR count). The molecular formula is C14H15N5O. The molecular weight excluding hydrogens is 254 g/mol. The lowest BCUT2D eigenvalue weighted by Crippen LogP contribution is -2.25. The van der Waals surface area contributed by atoms with Crippen LogP contribution in [-0.2, 0) is 6.42 Å². The van der Waals surface area contributed by atoms with Gasteiger partial charge in [0, 0.05) is 24.4 Å². The molecule has 0 radical (unpaired) electrons. The number of nitrogens with zero attached hydrogens (tertiary/aromatic N) is 4. The molecule has 6 heteroatoms. The zero-order valence-electron chi connectivity index (χ0n) is 11.4. The quantitative estimate of drug-likeness (QED) is 0.784. The van der Waals surface area contributed by atoms with E-state index in [-0.39, 0.29) is 11.6 Å². The first-order valence-electron chi connectivity index (χ1n) is 6.48. The fraction of sp³-hybridized carbons (Fsp3) is 0.286. The van der Waals surface area contributed by atoms with Crippen LogP contribution in [0.5, 0.6) is 0 Å². The maximum atomic E-state index is 12.4. The molecule has 0 bridgehead atoms. The van der Waals surface area contributed by atoms with Crippen LogP contribution in [0.1, 0.15) is 24.4 Å². The van der Waals surface area contributed by atoms with E-state index >= 15 is 0 Å². The van der Waals surface area contributed by atoms with Crippen LogP contribution >= 0.6 is 0 Å². The van der Waals surface area contributed by atoms with Crippen molar-refractivity contribution in [2.24, 2.45) is 0 Å². The Morgan fingerprint density at radius 2 is 2.25 bits per heavy atom. The minimum absolute atomic E-state index is 0.0118. The molecule has 0 amide bonds. The highest BCUT2D eigenvalue weighted by molar-refractivity contribution is 5.72. The van der Waals surface area contributed by atoms with Crippen LogP contribution in [0, 0.1) is 6.92 Å². The van der Waals surface area contributed by atoms with Crippen molar-refractivity contribution in [3.63, 3.8) is 0 Å². The van der Waals surface area contributed by atoms with E-state index in [2.05, 4.69) is 20.2 Å². The Morgan fingerprint density at radius 1 is 1.40 bits per heavy atom. The van der Waals surface area contributed by atoms with Crippen molar-refractivity contribution in [1.82, 2.24) is 24.7 Å². The van der Waals surface area contributed by atoms with Crippen molar-refractivity contribution >= 4 is 11.0 Å². The van der Waals surface area contributed by atoms with Gasteiger partial charge in [-0.25, -0.2) is 9.97 Å². The monoisotopic (exact) mass is 269 g/mol. The molecule has 0 aliphatic carbocycles. The molecule has 0 spiro atoms. The minimum atomic E-state index is -0.0668. The van der Waals surface area contributed by atoms with Gasteiger partial charge in [-0.1, -0.05) is 0 Å². The molecule has 20 heavy (non-hydrogen) atoms. The van der Waals surface area contributed by atoms with Crippen LogP contribution in [0.2, 0.25) is 0 Å². The van der Waals surface area contributed by atoms with Gasteiger partial charge in [-0.05, 0) is 32.0 Å². The Labute approximate surface area is 115 Å². The summed E-state index contributed by atoms with van der Waals surface area (Å²) in [6.07, 6.45) is 3.87. The van der Waals surface area contributed by atoms with Gasteiger partial charge in [-0.2, -0.15) is 5.10 Å². The SMILES string of the molecule is Cc1cc(C[C@H](C)n2cnc3ncccc3c2=O)n[nH]1. The first-order valence-corrected chi connectivity index (χ1v) is 6.48. The summed E-state index contributed by atoms with van der Waals surface area (Å²) >= 11 is 0. The third-order valence-electron chi connectivity index (χ3n) is 3.29. The van der Waals surface area contributed by atoms with Crippen LogP contribution in [-0.4, -0.2) is 24.7 Å². The summed E-state index contributed by atoms with van der Waals surface area (Å²) in [5.74, 6) is 0. The third-order valence-corrected chi connectivity index (χ3v) is 3.29. The molecule has 3 aromatic heterocycles. The van der Waals surface area contributed by atoms with E-state index in [0.29, 0.717) is 17.5 Å². The lowest BCUT2D eigenvalue weighted by molar-refractivity contribution is 0.517. The van der Waals surface area contributed by atoms with Gasteiger partial charge in [0.15, 0.2) is 5.65 Å². The van der Waals surface area contributed by atoms with Crippen LogP contribution < -0.4 is 5.56 Å². The van der Waals surface area contributed by atoms with E-state index in [0.717, 1.165) is 11.4 Å². The number of H-pyrrole nitrogens is 1. The van der Waals surface area contributed by atoms with Gasteiger partial charge in [-0.3, -0.25) is 14.5 Å².